The summed E-state index contributed by atoms with van der Waals surface area (Å²) in [6, 6.07) is 12.8. The van der Waals surface area contributed by atoms with E-state index in [9.17, 15) is 19.5 Å². The molecule has 0 saturated carbocycles. The monoisotopic (exact) mass is 350 g/mol. The maximum absolute atomic E-state index is 12.6. The summed E-state index contributed by atoms with van der Waals surface area (Å²) in [5.41, 5.74) is 0.540. The van der Waals surface area contributed by atoms with Crippen LogP contribution in [0.1, 0.15) is 24.6 Å². The largest absolute Gasteiger partial charge is 0.548 e. The van der Waals surface area contributed by atoms with E-state index in [1.807, 2.05) is 0 Å². The first kappa shape index (κ1) is 17.3. The van der Waals surface area contributed by atoms with E-state index in [4.69, 9.17) is 0 Å². The van der Waals surface area contributed by atoms with Crippen molar-refractivity contribution in [3.63, 3.8) is 0 Å². The van der Waals surface area contributed by atoms with Crippen LogP contribution in [0.5, 0.6) is 0 Å². The van der Waals surface area contributed by atoms with Crippen molar-refractivity contribution < 1.29 is 14.7 Å². The Bertz CT molecular complexity index is 1010. The lowest BCUT2D eigenvalue weighted by atomic mass is 10.1. The van der Waals surface area contributed by atoms with E-state index < -0.39 is 24.0 Å². The second-order valence-corrected chi connectivity index (χ2v) is 5.82. The second-order valence-electron chi connectivity index (χ2n) is 5.82. The molecule has 0 fully saturated rings. The Morgan fingerprint density at radius 3 is 2.42 bits per heavy atom. The van der Waals surface area contributed by atoms with Crippen molar-refractivity contribution in [1.82, 2.24) is 14.9 Å². The third-order valence-corrected chi connectivity index (χ3v) is 4.14. The predicted octanol–water partition coefficient (Wildman–Crippen LogP) is 0.565. The highest BCUT2D eigenvalue weighted by Crippen LogP contribution is 2.14. The summed E-state index contributed by atoms with van der Waals surface area (Å²) in [7, 11) is 0. The maximum atomic E-state index is 12.6. The number of carboxylic acids is 1. The number of aliphatic carboxylic acids is 1. The predicted molar refractivity (Wildman–Crippen MR) is 93.0 cm³/mol. The number of nitrogens with one attached hydrogen (secondary N) is 1. The minimum Gasteiger partial charge on any atom is -0.548 e. The smallest absolute Gasteiger partial charge is 0.261 e. The summed E-state index contributed by atoms with van der Waals surface area (Å²) in [4.78, 5) is 40.7. The number of carboxylic acid groups (broad SMARTS) is 1. The number of fused-ring (bicyclic) bond motifs is 1. The van der Waals surface area contributed by atoms with Gasteiger partial charge >= 0.3 is 0 Å². The van der Waals surface area contributed by atoms with Crippen LogP contribution in [0.25, 0.3) is 10.9 Å². The zero-order valence-corrected chi connectivity index (χ0v) is 14.0. The van der Waals surface area contributed by atoms with Crippen LogP contribution in [0.15, 0.2) is 65.7 Å². The fraction of sp³-hybridized carbons (Fsp3) is 0.158. The lowest BCUT2D eigenvalue weighted by molar-refractivity contribution is -0.308. The number of aromatic nitrogens is 2. The first-order valence-corrected chi connectivity index (χ1v) is 8.01. The summed E-state index contributed by atoms with van der Waals surface area (Å²) in [6.45, 7) is 1.50. The van der Waals surface area contributed by atoms with E-state index in [2.05, 4.69) is 10.3 Å². The number of amides is 1. The number of hydrogen-bond donors (Lipinski definition) is 1. The van der Waals surface area contributed by atoms with Crippen molar-refractivity contribution in [2.24, 2.45) is 0 Å². The van der Waals surface area contributed by atoms with Gasteiger partial charge in [0.1, 0.15) is 6.04 Å². The number of para-hydroxylation sites is 1. The zero-order valence-electron chi connectivity index (χ0n) is 14.0. The van der Waals surface area contributed by atoms with Gasteiger partial charge in [-0.2, -0.15) is 0 Å². The molecule has 0 unspecified atom stereocenters. The topological polar surface area (TPSA) is 104 Å². The van der Waals surface area contributed by atoms with Crippen LogP contribution in [-0.4, -0.2) is 21.4 Å². The van der Waals surface area contributed by atoms with Gasteiger partial charge < -0.3 is 15.2 Å². The van der Waals surface area contributed by atoms with Crippen molar-refractivity contribution >= 4 is 22.8 Å². The molecule has 1 amide bonds. The molecule has 132 valence electrons. The summed E-state index contributed by atoms with van der Waals surface area (Å²) >= 11 is 0. The molecule has 3 rings (SSSR count). The van der Waals surface area contributed by atoms with Crippen LogP contribution in [0.2, 0.25) is 0 Å². The molecule has 0 bridgehead atoms. The highest BCUT2D eigenvalue weighted by Gasteiger charge is 2.22. The molecule has 2 aromatic carbocycles. The molecule has 0 aliphatic rings. The lowest BCUT2D eigenvalue weighted by Gasteiger charge is -2.23. The Morgan fingerprint density at radius 2 is 1.73 bits per heavy atom. The third-order valence-electron chi connectivity index (χ3n) is 4.14. The van der Waals surface area contributed by atoms with Gasteiger partial charge in [-0.15, -0.1) is 0 Å². The van der Waals surface area contributed by atoms with Gasteiger partial charge in [-0.25, -0.2) is 4.98 Å². The zero-order chi connectivity index (χ0) is 18.7. The van der Waals surface area contributed by atoms with Gasteiger partial charge in [-0.05, 0) is 24.6 Å². The molecule has 7 nitrogen and oxygen atoms in total. The van der Waals surface area contributed by atoms with E-state index in [0.717, 1.165) is 0 Å². The molecular formula is C19H16N3O4-. The average Bonchev–Trinajstić information content (AvgIpc) is 2.66. The molecule has 7 heteroatoms. The van der Waals surface area contributed by atoms with E-state index in [-0.39, 0.29) is 5.56 Å². The SMILES string of the molecule is C[C@@H](C(=O)N[C@H](C(=O)[O-])c1ccccc1)n1cnc2ccccc2c1=O. The summed E-state index contributed by atoms with van der Waals surface area (Å²) in [5.74, 6) is -2.05. The van der Waals surface area contributed by atoms with E-state index in [0.29, 0.717) is 16.5 Å². The van der Waals surface area contributed by atoms with Gasteiger partial charge in [0.15, 0.2) is 0 Å². The van der Waals surface area contributed by atoms with E-state index >= 15 is 0 Å². The van der Waals surface area contributed by atoms with Gasteiger partial charge in [0.25, 0.3) is 5.56 Å². The molecular weight excluding hydrogens is 334 g/mol. The molecule has 0 aliphatic heterocycles. The van der Waals surface area contributed by atoms with Crippen LogP contribution in [0.3, 0.4) is 0 Å². The minimum absolute atomic E-state index is 0.372. The molecule has 3 aromatic rings. The first-order chi connectivity index (χ1) is 12.5. The van der Waals surface area contributed by atoms with Gasteiger partial charge in [0.2, 0.25) is 5.91 Å². The van der Waals surface area contributed by atoms with Gasteiger partial charge in [0.05, 0.1) is 29.2 Å². The average molecular weight is 350 g/mol. The van der Waals surface area contributed by atoms with Crippen molar-refractivity contribution in [2.75, 3.05) is 0 Å². The second kappa shape index (κ2) is 7.18. The lowest BCUT2D eigenvalue weighted by Crippen LogP contribution is -2.44. The van der Waals surface area contributed by atoms with Crippen LogP contribution in [-0.2, 0) is 9.59 Å². The Labute approximate surface area is 148 Å². The number of carbonyl (C=O) groups is 2. The standard InChI is InChI=1S/C19H17N3O4/c1-12(22-11-20-15-10-6-5-9-14(15)18(22)24)17(23)21-16(19(25)26)13-7-3-2-4-8-13/h2-12,16H,1H3,(H,21,23)(H,25,26)/p-1/t12-,16-/m0/s1. The Morgan fingerprint density at radius 1 is 1.08 bits per heavy atom. The van der Waals surface area contributed by atoms with Crippen LogP contribution < -0.4 is 16.0 Å². The third kappa shape index (κ3) is 3.32. The number of rotatable bonds is 5. The Kier molecular flexibility index (Phi) is 4.79. The van der Waals surface area contributed by atoms with Gasteiger partial charge in [-0.1, -0.05) is 42.5 Å². The van der Waals surface area contributed by atoms with Crippen molar-refractivity contribution in [2.45, 2.75) is 19.0 Å². The molecule has 0 radical (unpaired) electrons. The molecule has 0 saturated heterocycles. The number of nitrogens with zero attached hydrogens (tertiary/aromatic N) is 2. The van der Waals surface area contributed by atoms with Crippen molar-refractivity contribution in [3.05, 3.63) is 76.8 Å². The normalized spacial score (nSPS) is 13.1. The van der Waals surface area contributed by atoms with E-state index in [1.165, 1.54) is 17.8 Å². The molecule has 0 spiro atoms. The quantitative estimate of drug-likeness (QED) is 0.724. The number of benzene rings is 2. The highest BCUT2D eigenvalue weighted by atomic mass is 16.4. The molecule has 2 atom stereocenters. The van der Waals surface area contributed by atoms with Crippen LogP contribution in [0.4, 0.5) is 0 Å². The first-order valence-electron chi connectivity index (χ1n) is 8.01. The number of carbonyl (C=O) groups excluding carboxylic acids is 2. The fourth-order valence-electron chi connectivity index (χ4n) is 2.67. The highest BCUT2D eigenvalue weighted by molar-refractivity contribution is 5.86. The fourth-order valence-corrected chi connectivity index (χ4v) is 2.67. The molecule has 26 heavy (non-hydrogen) atoms. The molecule has 1 aromatic heterocycles. The molecule has 1 heterocycles. The van der Waals surface area contributed by atoms with Crippen LogP contribution >= 0.6 is 0 Å². The molecule has 1 N–H and O–H groups in total. The summed E-state index contributed by atoms with van der Waals surface area (Å²) < 4.78 is 1.18. The van der Waals surface area contributed by atoms with Crippen LogP contribution in [0, 0.1) is 0 Å². The van der Waals surface area contributed by atoms with Gasteiger partial charge in [0, 0.05) is 0 Å². The number of hydrogen-bond acceptors (Lipinski definition) is 5. The minimum atomic E-state index is -1.43. The maximum Gasteiger partial charge on any atom is 0.261 e. The van der Waals surface area contributed by atoms with Gasteiger partial charge in [-0.3, -0.25) is 14.2 Å². The molecule has 0 aliphatic carbocycles. The summed E-state index contributed by atoms with van der Waals surface area (Å²) in [5, 5.41) is 14.2. The Hall–Kier alpha value is -3.48. The van der Waals surface area contributed by atoms with E-state index in [1.54, 1.807) is 54.6 Å². The van der Waals surface area contributed by atoms with Crippen molar-refractivity contribution in [1.29, 1.82) is 0 Å². The Balaban J connectivity index is 1.89. The summed E-state index contributed by atoms with van der Waals surface area (Å²) in [6.07, 6.45) is 1.28. The van der Waals surface area contributed by atoms with Crippen molar-refractivity contribution in [3.8, 4) is 0 Å².